The second-order valence-electron chi connectivity index (χ2n) is 8.17. The number of hydrogen-bond donors (Lipinski definition) is 1. The van der Waals surface area contributed by atoms with Gasteiger partial charge in [-0.05, 0) is 67.4 Å². The number of hydrogen-bond acceptors (Lipinski definition) is 6. The van der Waals surface area contributed by atoms with Crippen molar-refractivity contribution in [2.45, 2.75) is 31.2 Å². The summed E-state index contributed by atoms with van der Waals surface area (Å²) in [6, 6.07) is 18.2. The van der Waals surface area contributed by atoms with Gasteiger partial charge in [0.1, 0.15) is 12.3 Å². The summed E-state index contributed by atoms with van der Waals surface area (Å²) < 4.78 is 44.2. The molecule has 1 unspecified atom stereocenters. The molecule has 8 nitrogen and oxygen atoms in total. The molecule has 1 amide bonds. The third-order valence-corrected chi connectivity index (χ3v) is 7.60. The Kier molecular flexibility index (Phi) is 8.82. The van der Waals surface area contributed by atoms with Gasteiger partial charge in [0, 0.05) is 0 Å². The van der Waals surface area contributed by atoms with Crippen LogP contribution in [0.4, 0.5) is 5.69 Å². The molecule has 0 aliphatic heterocycles. The van der Waals surface area contributed by atoms with Crippen LogP contribution in [0.1, 0.15) is 30.5 Å². The van der Waals surface area contributed by atoms with Gasteiger partial charge < -0.3 is 19.5 Å². The van der Waals surface area contributed by atoms with Gasteiger partial charge in [0.05, 0.1) is 38.0 Å². The van der Waals surface area contributed by atoms with Crippen LogP contribution in [-0.4, -0.2) is 42.2 Å². The minimum atomic E-state index is -4.03. The first-order valence-corrected chi connectivity index (χ1v) is 12.9. The number of nitrogens with zero attached hydrogens (tertiary/aromatic N) is 1. The fraction of sp³-hybridized carbons (Fsp3) is 0.296. The molecule has 3 rings (SSSR count). The van der Waals surface area contributed by atoms with Crippen LogP contribution in [0.25, 0.3) is 0 Å². The number of amides is 1. The Balaban J connectivity index is 1.90. The van der Waals surface area contributed by atoms with Gasteiger partial charge in [-0.1, -0.05) is 30.7 Å². The van der Waals surface area contributed by atoms with Gasteiger partial charge in [-0.2, -0.15) is 0 Å². The molecule has 192 valence electrons. The van der Waals surface area contributed by atoms with E-state index < -0.39 is 15.9 Å². The lowest BCUT2D eigenvalue weighted by molar-refractivity contribution is -0.120. The van der Waals surface area contributed by atoms with Gasteiger partial charge in [-0.15, -0.1) is 0 Å². The molecule has 0 saturated carbocycles. The summed E-state index contributed by atoms with van der Waals surface area (Å²) in [6.45, 7) is 3.46. The van der Waals surface area contributed by atoms with Crippen molar-refractivity contribution in [3.05, 3.63) is 77.9 Å². The molecule has 3 aromatic rings. The molecule has 0 bridgehead atoms. The van der Waals surface area contributed by atoms with Crippen LogP contribution in [-0.2, 0) is 14.8 Å². The van der Waals surface area contributed by atoms with Crippen molar-refractivity contribution in [1.82, 2.24) is 5.32 Å². The smallest absolute Gasteiger partial charge is 0.264 e. The molecule has 0 fully saturated rings. The monoisotopic (exact) mass is 512 g/mol. The third-order valence-electron chi connectivity index (χ3n) is 5.81. The average molecular weight is 513 g/mol. The first-order valence-electron chi connectivity index (χ1n) is 11.5. The Labute approximate surface area is 212 Å². The fourth-order valence-corrected chi connectivity index (χ4v) is 5.18. The molecule has 0 saturated heterocycles. The Morgan fingerprint density at radius 1 is 0.889 bits per heavy atom. The number of carbonyl (C=O) groups is 1. The first-order chi connectivity index (χ1) is 17.2. The average Bonchev–Trinajstić information content (AvgIpc) is 2.90. The number of rotatable bonds is 11. The van der Waals surface area contributed by atoms with Crippen molar-refractivity contribution in [3.63, 3.8) is 0 Å². The zero-order chi connectivity index (χ0) is 26.3. The van der Waals surface area contributed by atoms with E-state index in [1.807, 2.05) is 32.0 Å². The predicted octanol–water partition coefficient (Wildman–Crippen LogP) is 4.48. The summed E-state index contributed by atoms with van der Waals surface area (Å²) >= 11 is 0. The van der Waals surface area contributed by atoms with Gasteiger partial charge in [0.2, 0.25) is 5.91 Å². The summed E-state index contributed by atoms with van der Waals surface area (Å²) in [5, 5.41) is 2.96. The van der Waals surface area contributed by atoms with E-state index in [2.05, 4.69) is 5.32 Å². The fourth-order valence-electron chi connectivity index (χ4n) is 3.76. The summed E-state index contributed by atoms with van der Waals surface area (Å²) in [6.07, 6.45) is 0.594. The van der Waals surface area contributed by atoms with Crippen LogP contribution in [0, 0.1) is 6.92 Å². The maximum Gasteiger partial charge on any atom is 0.264 e. The maximum atomic E-state index is 13.6. The molecule has 36 heavy (non-hydrogen) atoms. The third kappa shape index (κ3) is 6.09. The lowest BCUT2D eigenvalue weighted by atomic mass is 10.0. The lowest BCUT2D eigenvalue weighted by Gasteiger charge is -2.26. The van der Waals surface area contributed by atoms with Crippen LogP contribution in [0.15, 0.2) is 71.6 Å². The number of ether oxygens (including phenoxy) is 3. The summed E-state index contributed by atoms with van der Waals surface area (Å²) in [4.78, 5) is 13.3. The number of carbonyl (C=O) groups excluding carboxylic acids is 1. The van der Waals surface area contributed by atoms with Crippen molar-refractivity contribution >= 4 is 21.6 Å². The van der Waals surface area contributed by atoms with Crippen LogP contribution < -0.4 is 23.8 Å². The van der Waals surface area contributed by atoms with E-state index in [9.17, 15) is 13.2 Å². The summed E-state index contributed by atoms with van der Waals surface area (Å²) in [7, 11) is 0.577. The first kappa shape index (κ1) is 26.9. The number of sulfonamides is 1. The highest BCUT2D eigenvalue weighted by molar-refractivity contribution is 7.92. The van der Waals surface area contributed by atoms with Crippen molar-refractivity contribution in [2.24, 2.45) is 0 Å². The molecule has 0 aliphatic carbocycles. The maximum absolute atomic E-state index is 13.6. The van der Waals surface area contributed by atoms with E-state index in [-0.39, 0.29) is 17.5 Å². The van der Waals surface area contributed by atoms with E-state index in [1.54, 1.807) is 50.6 Å². The highest BCUT2D eigenvalue weighted by atomic mass is 32.2. The van der Waals surface area contributed by atoms with Gasteiger partial charge in [0.15, 0.2) is 11.5 Å². The molecule has 3 aromatic carbocycles. The molecule has 1 atom stereocenters. The van der Waals surface area contributed by atoms with Crippen LogP contribution in [0.5, 0.6) is 17.2 Å². The SMILES string of the molecule is CCC(NC(=O)CN(c1ccc(C)cc1)S(=O)(=O)c1ccc(OC)cc1)c1ccc(OC)c(OC)c1. The van der Waals surface area contributed by atoms with Crippen LogP contribution >= 0.6 is 0 Å². The van der Waals surface area contributed by atoms with Crippen LogP contribution in [0.3, 0.4) is 0 Å². The Morgan fingerprint density at radius 3 is 2.08 bits per heavy atom. The lowest BCUT2D eigenvalue weighted by Crippen LogP contribution is -2.42. The van der Waals surface area contributed by atoms with E-state index >= 15 is 0 Å². The number of benzene rings is 3. The van der Waals surface area contributed by atoms with Gasteiger partial charge in [-0.25, -0.2) is 8.42 Å². The Hall–Kier alpha value is -3.72. The largest absolute Gasteiger partial charge is 0.497 e. The minimum absolute atomic E-state index is 0.0589. The number of methoxy groups -OCH3 is 3. The molecular formula is C27H32N2O6S. The highest BCUT2D eigenvalue weighted by Gasteiger charge is 2.28. The molecule has 0 heterocycles. The number of aryl methyl sites for hydroxylation is 1. The van der Waals surface area contributed by atoms with Crippen molar-refractivity contribution in [3.8, 4) is 17.2 Å². The molecule has 0 aliphatic rings. The van der Waals surface area contributed by atoms with E-state index in [1.165, 1.54) is 19.2 Å². The second kappa shape index (κ2) is 11.8. The predicted molar refractivity (Wildman–Crippen MR) is 139 cm³/mol. The molecule has 1 N–H and O–H groups in total. The van der Waals surface area contributed by atoms with Gasteiger partial charge >= 0.3 is 0 Å². The van der Waals surface area contributed by atoms with E-state index in [0.717, 1.165) is 15.4 Å². The van der Waals surface area contributed by atoms with E-state index in [4.69, 9.17) is 14.2 Å². The Morgan fingerprint density at radius 2 is 1.53 bits per heavy atom. The van der Waals surface area contributed by atoms with Gasteiger partial charge in [-0.3, -0.25) is 9.10 Å². The topological polar surface area (TPSA) is 94.2 Å². The standard InChI is InChI=1S/C27H32N2O6S/c1-6-24(20-9-16-25(34-4)26(17-20)35-5)28-27(30)18-29(21-10-7-19(2)8-11-21)36(31,32)23-14-12-22(33-3)13-15-23/h7-17,24H,6,18H2,1-5H3,(H,28,30). The van der Waals surface area contributed by atoms with E-state index in [0.29, 0.717) is 29.4 Å². The highest BCUT2D eigenvalue weighted by Crippen LogP contribution is 2.31. The molecule has 0 aromatic heterocycles. The molecule has 0 radical (unpaired) electrons. The minimum Gasteiger partial charge on any atom is -0.497 e. The number of nitrogens with one attached hydrogen (secondary N) is 1. The second-order valence-corrected chi connectivity index (χ2v) is 10.0. The van der Waals surface area contributed by atoms with Crippen molar-refractivity contribution < 1.29 is 27.4 Å². The van der Waals surface area contributed by atoms with Crippen molar-refractivity contribution in [1.29, 1.82) is 0 Å². The van der Waals surface area contributed by atoms with Crippen molar-refractivity contribution in [2.75, 3.05) is 32.2 Å². The van der Waals surface area contributed by atoms with Crippen LogP contribution in [0.2, 0.25) is 0 Å². The zero-order valence-electron chi connectivity index (χ0n) is 21.1. The normalized spacial score (nSPS) is 11.9. The quantitative estimate of drug-likeness (QED) is 0.407. The molecule has 9 heteroatoms. The Bertz CT molecular complexity index is 1270. The summed E-state index contributed by atoms with van der Waals surface area (Å²) in [5.74, 6) is 1.23. The number of anilines is 1. The zero-order valence-corrected chi connectivity index (χ0v) is 22.0. The molecule has 0 spiro atoms. The van der Waals surface area contributed by atoms with Gasteiger partial charge in [0.25, 0.3) is 10.0 Å². The summed E-state index contributed by atoms with van der Waals surface area (Å²) in [5.41, 5.74) is 2.19. The molecular weight excluding hydrogens is 480 g/mol.